The molecule has 0 spiro atoms. The summed E-state index contributed by atoms with van der Waals surface area (Å²) in [5.41, 5.74) is 0. The number of aryl methyl sites for hydroxylation is 1. The van der Waals surface area contributed by atoms with E-state index in [1.807, 2.05) is 12.4 Å². The lowest BCUT2D eigenvalue weighted by atomic mass is 10.0. The lowest BCUT2D eigenvalue weighted by molar-refractivity contribution is 0.216. The molecule has 2 heterocycles. The zero-order valence-electron chi connectivity index (χ0n) is 12.0. The van der Waals surface area contributed by atoms with E-state index in [-0.39, 0.29) is 0 Å². The summed E-state index contributed by atoms with van der Waals surface area (Å²) in [5, 5.41) is 3.67. The summed E-state index contributed by atoms with van der Waals surface area (Å²) in [6, 6.07) is 1.57. The van der Waals surface area contributed by atoms with Crippen molar-refractivity contribution >= 4 is 0 Å². The largest absolute Gasteiger partial charge is 0.338 e. The first kappa shape index (κ1) is 13.1. The van der Waals surface area contributed by atoms with Crippen LogP contribution >= 0.6 is 0 Å². The van der Waals surface area contributed by atoms with Crippen molar-refractivity contribution in [1.29, 1.82) is 0 Å². The number of hydrogen-bond acceptors (Lipinski definition) is 3. The first-order valence-electron chi connectivity index (χ1n) is 7.76. The Morgan fingerprint density at radius 3 is 2.89 bits per heavy atom. The highest BCUT2D eigenvalue weighted by Gasteiger charge is 2.30. The molecule has 0 amide bonds. The van der Waals surface area contributed by atoms with Gasteiger partial charge in [-0.05, 0) is 32.2 Å². The van der Waals surface area contributed by atoms with Crippen molar-refractivity contribution in [2.75, 3.05) is 19.6 Å². The molecule has 0 radical (unpaired) electrons. The maximum absolute atomic E-state index is 4.43. The van der Waals surface area contributed by atoms with Crippen LogP contribution in [0.15, 0.2) is 12.4 Å². The van der Waals surface area contributed by atoms with E-state index in [1.54, 1.807) is 0 Å². The molecule has 1 saturated carbocycles. The van der Waals surface area contributed by atoms with E-state index in [0.29, 0.717) is 0 Å². The van der Waals surface area contributed by atoms with Gasteiger partial charge in [0.25, 0.3) is 0 Å². The van der Waals surface area contributed by atoms with Crippen LogP contribution in [0.4, 0.5) is 0 Å². The Kier molecular flexibility index (Phi) is 4.18. The summed E-state index contributed by atoms with van der Waals surface area (Å²) in [6.45, 7) is 3.60. The third kappa shape index (κ3) is 3.57. The third-order valence-electron chi connectivity index (χ3n) is 4.47. The summed E-state index contributed by atoms with van der Waals surface area (Å²) >= 11 is 0. The minimum Gasteiger partial charge on any atom is -0.338 e. The number of hydrogen-bond donors (Lipinski definition) is 1. The van der Waals surface area contributed by atoms with Gasteiger partial charge < -0.3 is 9.88 Å². The second kappa shape index (κ2) is 6.06. The Hall–Kier alpha value is -0.870. The lowest BCUT2D eigenvalue weighted by Crippen LogP contribution is -2.45. The third-order valence-corrected chi connectivity index (χ3v) is 4.47. The van der Waals surface area contributed by atoms with Crippen molar-refractivity contribution in [3.63, 3.8) is 0 Å². The molecule has 106 valence electrons. The standard InChI is InChI=1S/C15H26N4/c1-18-11-9-17-15(18)7-10-19(14-5-6-14)12-13-4-2-3-8-16-13/h9,11,13-14,16H,2-8,10,12H2,1H3. The van der Waals surface area contributed by atoms with E-state index in [9.17, 15) is 0 Å². The average Bonchev–Trinajstić information content (AvgIpc) is 3.20. The minimum atomic E-state index is 0.718. The van der Waals surface area contributed by atoms with Crippen LogP contribution in [-0.4, -0.2) is 46.2 Å². The molecule has 1 N–H and O–H groups in total. The van der Waals surface area contributed by atoms with Gasteiger partial charge in [-0.1, -0.05) is 6.42 Å². The molecule has 1 aliphatic heterocycles. The van der Waals surface area contributed by atoms with Gasteiger partial charge in [-0.25, -0.2) is 4.98 Å². The van der Waals surface area contributed by atoms with Gasteiger partial charge in [0.15, 0.2) is 0 Å². The second-order valence-corrected chi connectivity index (χ2v) is 6.08. The van der Waals surface area contributed by atoms with Gasteiger partial charge in [-0.2, -0.15) is 0 Å². The fourth-order valence-corrected chi connectivity index (χ4v) is 3.11. The molecule has 2 fully saturated rings. The first-order chi connectivity index (χ1) is 9.33. The summed E-state index contributed by atoms with van der Waals surface area (Å²) in [6.07, 6.45) is 11.9. The highest BCUT2D eigenvalue weighted by molar-refractivity contribution is 4.94. The number of aromatic nitrogens is 2. The Balaban J connectivity index is 1.51. The van der Waals surface area contributed by atoms with Gasteiger partial charge in [0.1, 0.15) is 5.82 Å². The van der Waals surface area contributed by atoms with Gasteiger partial charge >= 0.3 is 0 Å². The number of imidazole rings is 1. The van der Waals surface area contributed by atoms with Crippen LogP contribution in [-0.2, 0) is 13.5 Å². The predicted molar refractivity (Wildman–Crippen MR) is 77.1 cm³/mol. The van der Waals surface area contributed by atoms with Crippen LogP contribution in [0.3, 0.4) is 0 Å². The van der Waals surface area contributed by atoms with Gasteiger partial charge in [-0.15, -0.1) is 0 Å². The smallest absolute Gasteiger partial charge is 0.109 e. The molecular formula is C15H26N4. The second-order valence-electron chi connectivity index (χ2n) is 6.08. The molecule has 1 saturated heterocycles. The normalized spacial score (nSPS) is 24.0. The van der Waals surface area contributed by atoms with Crippen molar-refractivity contribution in [1.82, 2.24) is 19.8 Å². The number of nitrogens with zero attached hydrogens (tertiary/aromatic N) is 3. The first-order valence-corrected chi connectivity index (χ1v) is 7.76. The van der Waals surface area contributed by atoms with E-state index >= 15 is 0 Å². The molecule has 19 heavy (non-hydrogen) atoms. The Labute approximate surface area is 116 Å². The van der Waals surface area contributed by atoms with Crippen molar-refractivity contribution in [2.24, 2.45) is 7.05 Å². The van der Waals surface area contributed by atoms with Crippen molar-refractivity contribution < 1.29 is 0 Å². The van der Waals surface area contributed by atoms with Crippen LogP contribution in [0.2, 0.25) is 0 Å². The average molecular weight is 262 g/mol. The molecule has 0 bridgehead atoms. The van der Waals surface area contributed by atoms with E-state index in [1.165, 1.54) is 51.0 Å². The summed E-state index contributed by atoms with van der Waals surface area (Å²) in [7, 11) is 2.09. The maximum Gasteiger partial charge on any atom is 0.109 e. The summed E-state index contributed by atoms with van der Waals surface area (Å²) in [5.74, 6) is 1.21. The summed E-state index contributed by atoms with van der Waals surface area (Å²) in [4.78, 5) is 7.13. The highest BCUT2D eigenvalue weighted by Crippen LogP contribution is 2.27. The SMILES string of the molecule is Cn1ccnc1CCN(CC1CCCCN1)C1CC1. The number of nitrogens with one attached hydrogen (secondary N) is 1. The van der Waals surface area contributed by atoms with Crippen molar-refractivity contribution in [2.45, 2.75) is 50.6 Å². The molecule has 1 aromatic heterocycles. The predicted octanol–water partition coefficient (Wildman–Crippen LogP) is 1.57. The zero-order chi connectivity index (χ0) is 13.1. The molecule has 1 aromatic rings. The Bertz CT molecular complexity index is 391. The van der Waals surface area contributed by atoms with Gasteiger partial charge in [0, 0.05) is 51.0 Å². The lowest BCUT2D eigenvalue weighted by Gasteiger charge is -2.30. The van der Waals surface area contributed by atoms with E-state index in [2.05, 4.69) is 26.8 Å². The number of piperidine rings is 1. The molecule has 1 aliphatic carbocycles. The van der Waals surface area contributed by atoms with E-state index in [0.717, 1.165) is 25.0 Å². The zero-order valence-corrected chi connectivity index (χ0v) is 12.0. The molecular weight excluding hydrogens is 236 g/mol. The maximum atomic E-state index is 4.43. The molecule has 0 aromatic carbocycles. The fourth-order valence-electron chi connectivity index (χ4n) is 3.11. The molecule has 1 atom stereocenters. The molecule has 4 heteroatoms. The van der Waals surface area contributed by atoms with Crippen molar-refractivity contribution in [3.8, 4) is 0 Å². The van der Waals surface area contributed by atoms with E-state index < -0.39 is 0 Å². The van der Waals surface area contributed by atoms with Crippen LogP contribution in [0, 0.1) is 0 Å². The molecule has 1 unspecified atom stereocenters. The van der Waals surface area contributed by atoms with Gasteiger partial charge in [-0.3, -0.25) is 4.90 Å². The number of rotatable bonds is 6. The quantitative estimate of drug-likeness (QED) is 0.845. The Morgan fingerprint density at radius 2 is 2.26 bits per heavy atom. The minimum absolute atomic E-state index is 0.718. The van der Waals surface area contributed by atoms with E-state index in [4.69, 9.17) is 0 Å². The van der Waals surface area contributed by atoms with Crippen molar-refractivity contribution in [3.05, 3.63) is 18.2 Å². The van der Waals surface area contributed by atoms with Crippen LogP contribution < -0.4 is 5.32 Å². The van der Waals surface area contributed by atoms with Crippen LogP contribution in [0.5, 0.6) is 0 Å². The monoisotopic (exact) mass is 262 g/mol. The topological polar surface area (TPSA) is 33.1 Å². The molecule has 2 aliphatic rings. The molecule has 3 rings (SSSR count). The van der Waals surface area contributed by atoms with Crippen LogP contribution in [0.25, 0.3) is 0 Å². The van der Waals surface area contributed by atoms with Crippen LogP contribution in [0.1, 0.15) is 37.9 Å². The fraction of sp³-hybridized carbons (Fsp3) is 0.800. The molecule has 4 nitrogen and oxygen atoms in total. The highest BCUT2D eigenvalue weighted by atomic mass is 15.2. The van der Waals surface area contributed by atoms with Gasteiger partial charge in [0.05, 0.1) is 0 Å². The Morgan fingerprint density at radius 1 is 1.37 bits per heavy atom. The van der Waals surface area contributed by atoms with Gasteiger partial charge in [0.2, 0.25) is 0 Å². The summed E-state index contributed by atoms with van der Waals surface area (Å²) < 4.78 is 2.14.